The van der Waals surface area contributed by atoms with Crippen LogP contribution in [0.5, 0.6) is 0 Å². The first-order chi connectivity index (χ1) is 14.7. The molecule has 6 heteroatoms. The van der Waals surface area contributed by atoms with E-state index in [4.69, 9.17) is 4.98 Å². The highest BCUT2D eigenvalue weighted by molar-refractivity contribution is 5.94. The molecule has 0 spiro atoms. The lowest BCUT2D eigenvalue weighted by atomic mass is 9.92. The maximum Gasteiger partial charge on any atom is 0.253 e. The third kappa shape index (κ3) is 3.34. The summed E-state index contributed by atoms with van der Waals surface area (Å²) in [5.74, 6) is 1.21. The lowest BCUT2D eigenvalue weighted by molar-refractivity contribution is 0.0712. The van der Waals surface area contributed by atoms with E-state index in [1.807, 2.05) is 65.0 Å². The Hall–Kier alpha value is -3.54. The van der Waals surface area contributed by atoms with Gasteiger partial charge in [0.15, 0.2) is 11.5 Å². The molecular formula is C24H23N5O. The van der Waals surface area contributed by atoms with Crippen LogP contribution in [-0.2, 0) is 0 Å². The number of piperidine rings is 1. The Morgan fingerprint density at radius 3 is 2.47 bits per heavy atom. The number of benzene rings is 1. The fourth-order valence-electron chi connectivity index (χ4n) is 4.17. The fraction of sp³-hybridized carbons (Fsp3) is 0.250. The highest BCUT2D eigenvalue weighted by Crippen LogP contribution is 2.30. The van der Waals surface area contributed by atoms with Crippen LogP contribution in [0, 0.1) is 6.92 Å². The zero-order valence-electron chi connectivity index (χ0n) is 16.9. The number of pyridine rings is 2. The van der Waals surface area contributed by atoms with Crippen molar-refractivity contribution in [2.45, 2.75) is 25.7 Å². The molecule has 1 saturated heterocycles. The van der Waals surface area contributed by atoms with Gasteiger partial charge >= 0.3 is 0 Å². The smallest absolute Gasteiger partial charge is 0.253 e. The second-order valence-electron chi connectivity index (χ2n) is 7.72. The molecule has 30 heavy (non-hydrogen) atoms. The SMILES string of the molecule is Cc1nn(-c2ccccn2)c2nc(C3CCN(C(=O)c4ccccc4)CC3)ccc12. The van der Waals surface area contributed by atoms with Crippen molar-refractivity contribution in [2.24, 2.45) is 0 Å². The molecule has 1 fully saturated rings. The highest BCUT2D eigenvalue weighted by Gasteiger charge is 2.26. The maximum absolute atomic E-state index is 12.7. The first-order valence-corrected chi connectivity index (χ1v) is 10.3. The average Bonchev–Trinajstić information content (AvgIpc) is 3.16. The van der Waals surface area contributed by atoms with E-state index in [2.05, 4.69) is 22.2 Å². The molecule has 0 radical (unpaired) electrons. The second-order valence-corrected chi connectivity index (χ2v) is 7.72. The van der Waals surface area contributed by atoms with Gasteiger partial charge in [-0.05, 0) is 56.2 Å². The summed E-state index contributed by atoms with van der Waals surface area (Å²) in [7, 11) is 0. The predicted molar refractivity (Wildman–Crippen MR) is 116 cm³/mol. The molecule has 0 aliphatic carbocycles. The molecule has 0 unspecified atom stereocenters. The number of carbonyl (C=O) groups excluding carboxylic acids is 1. The van der Waals surface area contributed by atoms with E-state index >= 15 is 0 Å². The summed E-state index contributed by atoms with van der Waals surface area (Å²) >= 11 is 0. The zero-order chi connectivity index (χ0) is 20.5. The summed E-state index contributed by atoms with van der Waals surface area (Å²) < 4.78 is 1.82. The van der Waals surface area contributed by atoms with Gasteiger partial charge in [0, 0.05) is 41.8 Å². The third-order valence-electron chi connectivity index (χ3n) is 5.82. The zero-order valence-corrected chi connectivity index (χ0v) is 16.9. The molecule has 0 atom stereocenters. The standard InChI is InChI=1S/C24H23N5O/c1-17-20-10-11-21(26-23(20)29(27-17)22-9-5-6-14-25-22)18-12-15-28(16-13-18)24(30)19-7-3-2-4-8-19/h2-11,14,18H,12-13,15-16H2,1H3. The normalized spacial score (nSPS) is 14.9. The molecule has 0 bridgehead atoms. The molecule has 1 aliphatic rings. The Labute approximate surface area is 175 Å². The second kappa shape index (κ2) is 7.71. The molecule has 5 rings (SSSR count). The van der Waals surface area contributed by atoms with Crippen LogP contribution in [0.3, 0.4) is 0 Å². The van der Waals surface area contributed by atoms with Crippen molar-refractivity contribution < 1.29 is 4.79 Å². The van der Waals surface area contributed by atoms with E-state index in [1.54, 1.807) is 6.20 Å². The first kappa shape index (κ1) is 18.5. The van der Waals surface area contributed by atoms with Gasteiger partial charge < -0.3 is 4.90 Å². The van der Waals surface area contributed by atoms with Crippen LogP contribution < -0.4 is 0 Å². The average molecular weight is 397 g/mol. The fourth-order valence-corrected chi connectivity index (χ4v) is 4.17. The van der Waals surface area contributed by atoms with E-state index in [0.717, 1.165) is 59.7 Å². The van der Waals surface area contributed by atoms with Crippen LogP contribution >= 0.6 is 0 Å². The van der Waals surface area contributed by atoms with Gasteiger partial charge in [0.2, 0.25) is 0 Å². The van der Waals surface area contributed by atoms with Crippen LogP contribution in [0.25, 0.3) is 16.9 Å². The van der Waals surface area contributed by atoms with Crippen LogP contribution in [0.1, 0.15) is 40.5 Å². The van der Waals surface area contributed by atoms with Gasteiger partial charge in [0.25, 0.3) is 5.91 Å². The van der Waals surface area contributed by atoms with Crippen molar-refractivity contribution in [2.75, 3.05) is 13.1 Å². The van der Waals surface area contributed by atoms with Crippen LogP contribution in [0.15, 0.2) is 66.9 Å². The summed E-state index contributed by atoms with van der Waals surface area (Å²) in [6, 6.07) is 19.5. The van der Waals surface area contributed by atoms with Crippen molar-refractivity contribution in [1.29, 1.82) is 0 Å². The number of fused-ring (bicyclic) bond motifs is 1. The number of aryl methyl sites for hydroxylation is 1. The monoisotopic (exact) mass is 397 g/mol. The quantitative estimate of drug-likeness (QED) is 0.521. The van der Waals surface area contributed by atoms with Gasteiger partial charge in [-0.2, -0.15) is 9.78 Å². The molecule has 0 N–H and O–H groups in total. The predicted octanol–water partition coefficient (Wildman–Crippen LogP) is 4.14. The Kier molecular flexibility index (Phi) is 4.75. The van der Waals surface area contributed by atoms with Gasteiger partial charge in [-0.1, -0.05) is 24.3 Å². The van der Waals surface area contributed by atoms with Crippen molar-refractivity contribution in [3.05, 3.63) is 83.8 Å². The van der Waals surface area contributed by atoms with E-state index in [1.165, 1.54) is 0 Å². The molecule has 4 heterocycles. The number of hydrogen-bond acceptors (Lipinski definition) is 4. The molecule has 3 aromatic heterocycles. The summed E-state index contributed by atoms with van der Waals surface area (Å²) in [4.78, 5) is 24.1. The minimum absolute atomic E-state index is 0.112. The van der Waals surface area contributed by atoms with Crippen LogP contribution in [0.2, 0.25) is 0 Å². The molecule has 4 aromatic rings. The minimum atomic E-state index is 0.112. The molecule has 6 nitrogen and oxygen atoms in total. The summed E-state index contributed by atoms with van der Waals surface area (Å²) in [6.45, 7) is 3.49. The minimum Gasteiger partial charge on any atom is -0.339 e. The molecule has 1 amide bonds. The van der Waals surface area contributed by atoms with E-state index < -0.39 is 0 Å². The number of hydrogen-bond donors (Lipinski definition) is 0. The Morgan fingerprint density at radius 1 is 0.967 bits per heavy atom. The Bertz CT molecular complexity index is 1180. The molecule has 1 aliphatic heterocycles. The number of rotatable bonds is 3. The number of carbonyl (C=O) groups is 1. The summed E-state index contributed by atoms with van der Waals surface area (Å²) in [5.41, 5.74) is 3.60. The van der Waals surface area contributed by atoms with Gasteiger partial charge in [-0.3, -0.25) is 4.79 Å². The van der Waals surface area contributed by atoms with Crippen molar-refractivity contribution in [3.8, 4) is 5.82 Å². The van der Waals surface area contributed by atoms with Gasteiger partial charge in [0.1, 0.15) is 0 Å². The largest absolute Gasteiger partial charge is 0.339 e. The van der Waals surface area contributed by atoms with Crippen LogP contribution in [-0.4, -0.2) is 43.6 Å². The van der Waals surface area contributed by atoms with E-state index in [-0.39, 0.29) is 5.91 Å². The topological polar surface area (TPSA) is 63.9 Å². The number of likely N-dealkylation sites (tertiary alicyclic amines) is 1. The number of amides is 1. The highest BCUT2D eigenvalue weighted by atomic mass is 16.2. The van der Waals surface area contributed by atoms with Crippen molar-refractivity contribution in [1.82, 2.24) is 24.6 Å². The van der Waals surface area contributed by atoms with E-state index in [9.17, 15) is 4.79 Å². The molecular weight excluding hydrogens is 374 g/mol. The van der Waals surface area contributed by atoms with Gasteiger partial charge in [-0.15, -0.1) is 0 Å². The molecule has 0 saturated carbocycles. The number of aromatic nitrogens is 4. The van der Waals surface area contributed by atoms with Crippen molar-refractivity contribution >= 4 is 16.9 Å². The molecule has 1 aromatic carbocycles. The van der Waals surface area contributed by atoms with Crippen molar-refractivity contribution in [3.63, 3.8) is 0 Å². The first-order valence-electron chi connectivity index (χ1n) is 10.3. The van der Waals surface area contributed by atoms with Gasteiger partial charge in [-0.25, -0.2) is 9.97 Å². The Balaban J connectivity index is 1.38. The third-order valence-corrected chi connectivity index (χ3v) is 5.82. The van der Waals surface area contributed by atoms with E-state index in [0.29, 0.717) is 5.92 Å². The maximum atomic E-state index is 12.7. The van der Waals surface area contributed by atoms with Crippen LogP contribution in [0.4, 0.5) is 0 Å². The van der Waals surface area contributed by atoms with Gasteiger partial charge in [0.05, 0.1) is 5.69 Å². The summed E-state index contributed by atoms with van der Waals surface area (Å²) in [6.07, 6.45) is 3.59. The lowest BCUT2D eigenvalue weighted by Crippen LogP contribution is -2.38. The summed E-state index contributed by atoms with van der Waals surface area (Å²) in [5, 5.41) is 5.70. The molecule has 150 valence electrons. The Morgan fingerprint density at radius 2 is 1.73 bits per heavy atom. The lowest BCUT2D eigenvalue weighted by Gasteiger charge is -2.31. The number of nitrogens with zero attached hydrogens (tertiary/aromatic N) is 5.